The van der Waals surface area contributed by atoms with Crippen molar-refractivity contribution in [3.63, 3.8) is 0 Å². The molecule has 0 radical (unpaired) electrons. The molecule has 0 spiro atoms. The van der Waals surface area contributed by atoms with Gasteiger partial charge >= 0.3 is 10.3 Å². The minimum Gasteiger partial charge on any atom is -0.258 e. The van der Waals surface area contributed by atoms with Gasteiger partial charge in [-0.2, -0.15) is 8.42 Å². The van der Waals surface area contributed by atoms with Crippen LogP contribution in [0.1, 0.15) is 20.3 Å². The lowest BCUT2D eigenvalue weighted by Crippen LogP contribution is -2.18. The Morgan fingerprint density at radius 1 is 1.62 bits per heavy atom. The van der Waals surface area contributed by atoms with Gasteiger partial charge in [-0.05, 0) is 18.6 Å². The highest BCUT2D eigenvalue weighted by Gasteiger charge is 2.04. The Morgan fingerprint density at radius 2 is 2.23 bits per heavy atom. The van der Waals surface area contributed by atoms with Crippen LogP contribution in [0.15, 0.2) is 17.9 Å². The zero-order valence-electron chi connectivity index (χ0n) is 7.86. The van der Waals surface area contributed by atoms with Gasteiger partial charge in [0.1, 0.15) is 0 Å². The van der Waals surface area contributed by atoms with Gasteiger partial charge in [0.2, 0.25) is 0 Å². The van der Waals surface area contributed by atoms with Gasteiger partial charge in [-0.3, -0.25) is 4.18 Å². The van der Waals surface area contributed by atoms with Crippen molar-refractivity contribution in [1.29, 1.82) is 0 Å². The third kappa shape index (κ3) is 9.30. The lowest BCUT2D eigenvalue weighted by molar-refractivity contribution is 0.289. The minimum absolute atomic E-state index is 0.0128. The number of hydrogen-bond donors (Lipinski definition) is 1. The van der Waals surface area contributed by atoms with E-state index in [-0.39, 0.29) is 12.5 Å². The summed E-state index contributed by atoms with van der Waals surface area (Å²) in [5.74, 6) is -0.0128. The largest absolute Gasteiger partial charge is 0.333 e. The topological polar surface area (TPSA) is 69.4 Å². The molecule has 1 unspecified atom stereocenters. The minimum atomic E-state index is -3.81. The fraction of sp³-hybridized carbons (Fsp3) is 0.625. The summed E-state index contributed by atoms with van der Waals surface area (Å²) in [5.41, 5.74) is 2.91. The smallest absolute Gasteiger partial charge is 0.258 e. The quantitative estimate of drug-likeness (QED) is 0.680. The van der Waals surface area contributed by atoms with E-state index in [1.54, 1.807) is 6.08 Å². The van der Waals surface area contributed by atoms with Crippen LogP contribution in [-0.4, -0.2) is 15.0 Å². The molecule has 0 saturated heterocycles. The van der Waals surface area contributed by atoms with Crippen molar-refractivity contribution >= 4 is 10.3 Å². The summed E-state index contributed by atoms with van der Waals surface area (Å²) in [4.78, 5) is 0. The van der Waals surface area contributed by atoms with Crippen LogP contribution in [0.25, 0.3) is 0 Å². The molecule has 0 aromatic rings. The Balaban J connectivity index is 3.89. The van der Waals surface area contributed by atoms with Crippen molar-refractivity contribution in [2.75, 3.05) is 6.61 Å². The first-order chi connectivity index (χ1) is 5.95. The first kappa shape index (κ1) is 12.4. The third-order valence-electron chi connectivity index (χ3n) is 1.20. The van der Waals surface area contributed by atoms with Gasteiger partial charge < -0.3 is 0 Å². The summed E-state index contributed by atoms with van der Waals surface area (Å²) in [5, 5.41) is 4.65. The van der Waals surface area contributed by atoms with Crippen molar-refractivity contribution in [3.05, 3.63) is 17.9 Å². The number of nitrogens with two attached hydrogens (primary N) is 1. The molecule has 0 aliphatic rings. The second-order valence-electron chi connectivity index (χ2n) is 2.70. The molecule has 0 aromatic heterocycles. The van der Waals surface area contributed by atoms with E-state index in [1.165, 1.54) is 0 Å². The van der Waals surface area contributed by atoms with Crippen LogP contribution in [0.2, 0.25) is 0 Å². The Morgan fingerprint density at radius 3 is 2.69 bits per heavy atom. The molecule has 0 aromatic carbocycles. The molecule has 2 N–H and O–H groups in total. The van der Waals surface area contributed by atoms with Crippen molar-refractivity contribution in [3.8, 4) is 0 Å². The molecule has 0 saturated carbocycles. The number of hydrogen-bond acceptors (Lipinski definition) is 3. The second kappa shape index (κ2) is 5.94. The monoisotopic (exact) mass is 205 g/mol. The maximum atomic E-state index is 10.4. The average Bonchev–Trinajstić information content (AvgIpc) is 2.00. The maximum absolute atomic E-state index is 10.4. The molecule has 0 bridgehead atoms. The SMILES string of the molecule is CCC=C=CC(C)COS(N)(=O)=O. The molecule has 0 aliphatic heterocycles. The van der Waals surface area contributed by atoms with Gasteiger partial charge in [0.05, 0.1) is 6.61 Å². The summed E-state index contributed by atoms with van der Waals surface area (Å²) in [6, 6.07) is 0. The van der Waals surface area contributed by atoms with Crippen molar-refractivity contribution in [2.45, 2.75) is 20.3 Å². The van der Waals surface area contributed by atoms with E-state index in [4.69, 9.17) is 0 Å². The highest BCUT2D eigenvalue weighted by molar-refractivity contribution is 7.84. The Labute approximate surface area is 79.3 Å². The molecular formula is C8H15NO3S. The number of rotatable bonds is 5. The molecule has 4 nitrogen and oxygen atoms in total. The predicted octanol–water partition coefficient (Wildman–Crippen LogP) is 0.964. The summed E-state index contributed by atoms with van der Waals surface area (Å²) < 4.78 is 25.1. The lowest BCUT2D eigenvalue weighted by Gasteiger charge is -2.03. The molecule has 76 valence electrons. The fourth-order valence-electron chi connectivity index (χ4n) is 0.600. The molecule has 0 heterocycles. The second-order valence-corrected chi connectivity index (χ2v) is 3.92. The molecular weight excluding hydrogens is 190 g/mol. The first-order valence-electron chi connectivity index (χ1n) is 4.04. The maximum Gasteiger partial charge on any atom is 0.333 e. The van der Waals surface area contributed by atoms with Crippen LogP contribution in [0, 0.1) is 5.92 Å². The summed E-state index contributed by atoms with van der Waals surface area (Å²) in [6.07, 6.45) is 4.50. The van der Waals surface area contributed by atoms with Crippen LogP contribution in [-0.2, 0) is 14.5 Å². The van der Waals surface area contributed by atoms with E-state index in [1.807, 2.05) is 19.9 Å². The van der Waals surface area contributed by atoms with E-state index < -0.39 is 10.3 Å². The van der Waals surface area contributed by atoms with E-state index >= 15 is 0 Å². The van der Waals surface area contributed by atoms with Gasteiger partial charge in [0.15, 0.2) is 0 Å². The van der Waals surface area contributed by atoms with E-state index in [9.17, 15) is 8.42 Å². The summed E-state index contributed by atoms with van der Waals surface area (Å²) in [7, 11) is -3.81. The molecule has 5 heteroatoms. The summed E-state index contributed by atoms with van der Waals surface area (Å²) >= 11 is 0. The van der Waals surface area contributed by atoms with Gasteiger partial charge in [0.25, 0.3) is 0 Å². The van der Waals surface area contributed by atoms with Crippen molar-refractivity contribution < 1.29 is 12.6 Å². The van der Waals surface area contributed by atoms with E-state index in [2.05, 4.69) is 15.1 Å². The molecule has 0 amide bonds. The normalized spacial score (nSPS) is 13.2. The van der Waals surface area contributed by atoms with Gasteiger partial charge in [0, 0.05) is 5.92 Å². The molecule has 13 heavy (non-hydrogen) atoms. The van der Waals surface area contributed by atoms with Gasteiger partial charge in [-0.1, -0.05) is 13.8 Å². The zero-order valence-corrected chi connectivity index (χ0v) is 8.67. The Hall–Kier alpha value is -0.610. The van der Waals surface area contributed by atoms with E-state index in [0.29, 0.717) is 0 Å². The standard InChI is InChI=1S/C8H15NO3S/c1-3-4-5-6-8(2)7-12-13(9,10)11/h4,6,8H,3,7H2,1-2H3,(H2,9,10,11). The fourth-order valence-corrected chi connectivity index (χ4v) is 1.00. The molecule has 0 aliphatic carbocycles. The molecule has 1 atom stereocenters. The van der Waals surface area contributed by atoms with Crippen LogP contribution >= 0.6 is 0 Å². The van der Waals surface area contributed by atoms with Crippen LogP contribution in [0.3, 0.4) is 0 Å². The Bertz CT molecular complexity index is 289. The molecule has 0 fully saturated rings. The molecule has 0 rings (SSSR count). The highest BCUT2D eigenvalue weighted by Crippen LogP contribution is 1.98. The van der Waals surface area contributed by atoms with Gasteiger partial charge in [-0.25, -0.2) is 5.14 Å². The Kier molecular flexibility index (Phi) is 5.66. The van der Waals surface area contributed by atoms with Crippen LogP contribution < -0.4 is 5.14 Å². The van der Waals surface area contributed by atoms with Crippen molar-refractivity contribution in [1.82, 2.24) is 0 Å². The first-order valence-corrected chi connectivity index (χ1v) is 5.51. The van der Waals surface area contributed by atoms with E-state index in [0.717, 1.165) is 6.42 Å². The van der Waals surface area contributed by atoms with Crippen LogP contribution in [0.4, 0.5) is 0 Å². The zero-order chi connectivity index (χ0) is 10.3. The van der Waals surface area contributed by atoms with Gasteiger partial charge in [-0.15, -0.1) is 5.73 Å². The average molecular weight is 205 g/mol. The van der Waals surface area contributed by atoms with Crippen LogP contribution in [0.5, 0.6) is 0 Å². The highest BCUT2D eigenvalue weighted by atomic mass is 32.2. The summed E-state index contributed by atoms with van der Waals surface area (Å²) in [6.45, 7) is 3.87. The predicted molar refractivity (Wildman–Crippen MR) is 51.2 cm³/mol. The third-order valence-corrected chi connectivity index (χ3v) is 1.66. The van der Waals surface area contributed by atoms with Crippen molar-refractivity contribution in [2.24, 2.45) is 11.1 Å². The lowest BCUT2D eigenvalue weighted by atomic mass is 10.2.